The lowest BCUT2D eigenvalue weighted by molar-refractivity contribution is 0.193. The number of anilines is 1. The topological polar surface area (TPSA) is 103 Å². The molecule has 0 spiro atoms. The summed E-state index contributed by atoms with van der Waals surface area (Å²) in [6, 6.07) is 1.89. The van der Waals surface area contributed by atoms with Crippen LogP contribution >= 0.6 is 0 Å². The molecule has 7 heteroatoms. The van der Waals surface area contributed by atoms with Crippen LogP contribution in [-0.2, 0) is 4.74 Å². The molecule has 0 aromatic carbocycles. The fourth-order valence-corrected chi connectivity index (χ4v) is 2.22. The minimum absolute atomic E-state index is 0.252. The van der Waals surface area contributed by atoms with E-state index in [4.69, 9.17) is 10.5 Å². The van der Waals surface area contributed by atoms with Gasteiger partial charge in [-0.2, -0.15) is 5.10 Å². The zero-order chi connectivity index (χ0) is 14.1. The molecular formula is C13H18N6O. The predicted octanol–water partition coefficient (Wildman–Crippen LogP) is 1.47. The number of aromatic nitrogens is 5. The van der Waals surface area contributed by atoms with Crippen molar-refractivity contribution in [1.29, 1.82) is 0 Å². The van der Waals surface area contributed by atoms with Crippen LogP contribution in [0, 0.1) is 0 Å². The fourth-order valence-electron chi connectivity index (χ4n) is 2.22. The van der Waals surface area contributed by atoms with Gasteiger partial charge < -0.3 is 10.5 Å². The van der Waals surface area contributed by atoms with Gasteiger partial charge >= 0.3 is 0 Å². The number of hydrogen-bond acceptors (Lipinski definition) is 6. The average molecular weight is 274 g/mol. The van der Waals surface area contributed by atoms with Crippen molar-refractivity contribution < 1.29 is 4.74 Å². The smallest absolute Gasteiger partial charge is 0.220 e. The third kappa shape index (κ3) is 2.49. The first-order chi connectivity index (χ1) is 9.63. The van der Waals surface area contributed by atoms with Gasteiger partial charge in [0.1, 0.15) is 11.5 Å². The Morgan fingerprint density at radius 3 is 2.90 bits per heavy atom. The van der Waals surface area contributed by atoms with Gasteiger partial charge in [-0.15, -0.1) is 0 Å². The number of nitrogens with zero attached hydrogens (tertiary/aromatic N) is 4. The minimum atomic E-state index is 0.252. The molecule has 1 aliphatic rings. The lowest BCUT2D eigenvalue weighted by Gasteiger charge is -2.06. The van der Waals surface area contributed by atoms with Gasteiger partial charge in [-0.1, -0.05) is 13.8 Å². The number of rotatable bonds is 3. The molecular weight excluding hydrogens is 256 g/mol. The van der Waals surface area contributed by atoms with Crippen molar-refractivity contribution in [2.45, 2.75) is 32.1 Å². The van der Waals surface area contributed by atoms with E-state index in [-0.39, 0.29) is 11.9 Å². The van der Waals surface area contributed by atoms with Crippen molar-refractivity contribution in [2.75, 3.05) is 18.9 Å². The number of aromatic amines is 1. The van der Waals surface area contributed by atoms with Crippen LogP contribution in [0.25, 0.3) is 11.5 Å². The van der Waals surface area contributed by atoms with Crippen LogP contribution in [0.3, 0.4) is 0 Å². The first-order valence-electron chi connectivity index (χ1n) is 6.78. The number of nitrogens with one attached hydrogen (secondary N) is 1. The summed E-state index contributed by atoms with van der Waals surface area (Å²) in [5.74, 6) is 2.23. The van der Waals surface area contributed by atoms with E-state index in [0.29, 0.717) is 24.0 Å². The number of nitrogens with two attached hydrogens (primary N) is 1. The lowest BCUT2D eigenvalue weighted by Crippen LogP contribution is -2.03. The van der Waals surface area contributed by atoms with E-state index in [1.807, 2.05) is 6.07 Å². The first-order valence-corrected chi connectivity index (χ1v) is 6.78. The monoisotopic (exact) mass is 274 g/mol. The summed E-state index contributed by atoms with van der Waals surface area (Å²) in [5, 5.41) is 7.21. The van der Waals surface area contributed by atoms with E-state index >= 15 is 0 Å². The lowest BCUT2D eigenvalue weighted by atomic mass is 10.1. The largest absolute Gasteiger partial charge is 0.381 e. The molecule has 3 N–H and O–H groups in total. The standard InChI is InChI=1S/C13H18N6O/c1-7(2)9-5-10(16-13(14)15-9)12-17-11(18-19-12)8-3-4-20-6-8/h5,7-8H,3-4,6H2,1-2H3,(H2,14,15,16)(H,17,18,19). The molecule has 7 nitrogen and oxygen atoms in total. The molecule has 2 aromatic rings. The summed E-state index contributed by atoms with van der Waals surface area (Å²) in [7, 11) is 0. The maximum atomic E-state index is 5.76. The summed E-state index contributed by atoms with van der Waals surface area (Å²) >= 11 is 0. The van der Waals surface area contributed by atoms with Crippen LogP contribution in [-0.4, -0.2) is 38.4 Å². The number of hydrogen-bond donors (Lipinski definition) is 2. The van der Waals surface area contributed by atoms with Crippen LogP contribution in [0.4, 0.5) is 5.95 Å². The second kappa shape index (κ2) is 5.16. The van der Waals surface area contributed by atoms with Gasteiger partial charge in [0.25, 0.3) is 0 Å². The third-order valence-electron chi connectivity index (χ3n) is 3.40. The van der Waals surface area contributed by atoms with Crippen LogP contribution < -0.4 is 5.73 Å². The SMILES string of the molecule is CC(C)c1cc(-c2n[nH]c(C3CCOC3)n2)nc(N)n1. The Bertz CT molecular complexity index is 603. The highest BCUT2D eigenvalue weighted by atomic mass is 16.5. The van der Waals surface area contributed by atoms with Crippen LogP contribution in [0.5, 0.6) is 0 Å². The second-order valence-electron chi connectivity index (χ2n) is 5.30. The fraction of sp³-hybridized carbons (Fsp3) is 0.538. The molecule has 3 rings (SSSR count). The summed E-state index contributed by atoms with van der Waals surface area (Å²) in [4.78, 5) is 13.0. The van der Waals surface area contributed by atoms with Gasteiger partial charge in [0, 0.05) is 18.2 Å². The molecule has 106 valence electrons. The number of ether oxygens (including phenoxy) is 1. The predicted molar refractivity (Wildman–Crippen MR) is 74.1 cm³/mol. The zero-order valence-corrected chi connectivity index (χ0v) is 11.6. The molecule has 0 aliphatic carbocycles. The minimum Gasteiger partial charge on any atom is -0.381 e. The molecule has 0 amide bonds. The van der Waals surface area contributed by atoms with E-state index in [2.05, 4.69) is 39.0 Å². The van der Waals surface area contributed by atoms with E-state index in [1.54, 1.807) is 0 Å². The maximum Gasteiger partial charge on any atom is 0.220 e. The van der Waals surface area contributed by atoms with Crippen molar-refractivity contribution in [3.8, 4) is 11.5 Å². The number of H-pyrrole nitrogens is 1. The quantitative estimate of drug-likeness (QED) is 0.878. The van der Waals surface area contributed by atoms with Crippen molar-refractivity contribution >= 4 is 5.95 Å². The highest BCUT2D eigenvalue weighted by Crippen LogP contribution is 2.24. The van der Waals surface area contributed by atoms with Gasteiger partial charge in [0.15, 0.2) is 5.82 Å². The Balaban J connectivity index is 1.92. The highest BCUT2D eigenvalue weighted by Gasteiger charge is 2.22. The molecule has 3 heterocycles. The average Bonchev–Trinajstić information content (AvgIpc) is 3.09. The van der Waals surface area contributed by atoms with Crippen molar-refractivity contribution in [1.82, 2.24) is 25.1 Å². The van der Waals surface area contributed by atoms with E-state index < -0.39 is 0 Å². The maximum absolute atomic E-state index is 5.76. The molecule has 0 saturated carbocycles. The van der Waals surface area contributed by atoms with Crippen molar-refractivity contribution in [3.63, 3.8) is 0 Å². The highest BCUT2D eigenvalue weighted by molar-refractivity contribution is 5.51. The molecule has 1 saturated heterocycles. The van der Waals surface area contributed by atoms with Crippen LogP contribution in [0.15, 0.2) is 6.07 Å². The second-order valence-corrected chi connectivity index (χ2v) is 5.30. The van der Waals surface area contributed by atoms with Crippen molar-refractivity contribution in [2.24, 2.45) is 0 Å². The summed E-state index contributed by atoms with van der Waals surface area (Å²) < 4.78 is 5.36. The molecule has 2 aromatic heterocycles. The van der Waals surface area contributed by atoms with Gasteiger partial charge in [0.05, 0.1) is 6.61 Å². The summed E-state index contributed by atoms with van der Waals surface area (Å²) in [5.41, 5.74) is 7.30. The Hall–Kier alpha value is -2.02. The first kappa shape index (κ1) is 13.0. The number of nitrogen functional groups attached to an aromatic ring is 1. The molecule has 1 atom stereocenters. The molecule has 1 aliphatic heterocycles. The summed E-state index contributed by atoms with van der Waals surface area (Å²) in [6.07, 6.45) is 0.970. The Morgan fingerprint density at radius 2 is 2.20 bits per heavy atom. The molecule has 0 radical (unpaired) electrons. The Labute approximate surface area is 117 Å². The van der Waals surface area contributed by atoms with Gasteiger partial charge in [-0.3, -0.25) is 5.10 Å². The van der Waals surface area contributed by atoms with E-state index in [1.165, 1.54) is 0 Å². The normalized spacial score (nSPS) is 18.9. The van der Waals surface area contributed by atoms with E-state index in [0.717, 1.165) is 24.5 Å². The van der Waals surface area contributed by atoms with Gasteiger partial charge in [-0.05, 0) is 18.4 Å². The van der Waals surface area contributed by atoms with Crippen molar-refractivity contribution in [3.05, 3.63) is 17.6 Å². The zero-order valence-electron chi connectivity index (χ0n) is 11.6. The van der Waals surface area contributed by atoms with Gasteiger partial charge in [0.2, 0.25) is 5.95 Å². The third-order valence-corrected chi connectivity index (χ3v) is 3.40. The summed E-state index contributed by atoms with van der Waals surface area (Å²) in [6.45, 7) is 5.59. The van der Waals surface area contributed by atoms with E-state index in [9.17, 15) is 0 Å². The molecule has 1 unspecified atom stereocenters. The molecule has 0 bridgehead atoms. The van der Waals surface area contributed by atoms with Crippen LogP contribution in [0.2, 0.25) is 0 Å². The molecule has 20 heavy (non-hydrogen) atoms. The van der Waals surface area contributed by atoms with Gasteiger partial charge in [-0.25, -0.2) is 15.0 Å². The van der Waals surface area contributed by atoms with Crippen LogP contribution in [0.1, 0.15) is 43.6 Å². The Kier molecular flexibility index (Phi) is 3.35. The molecule has 1 fully saturated rings. The Morgan fingerprint density at radius 1 is 1.35 bits per heavy atom.